The Bertz CT molecular complexity index is 1080. The van der Waals surface area contributed by atoms with Crippen LogP contribution in [0.4, 0.5) is 0 Å². The summed E-state index contributed by atoms with van der Waals surface area (Å²) in [5.41, 5.74) is 5.80. The van der Waals surface area contributed by atoms with Crippen molar-refractivity contribution in [2.45, 2.75) is 19.5 Å². The van der Waals surface area contributed by atoms with Gasteiger partial charge in [-0.05, 0) is 30.2 Å². The van der Waals surface area contributed by atoms with Crippen molar-refractivity contribution in [3.05, 3.63) is 76.7 Å². The number of halogens is 1. The normalized spacial score (nSPS) is 14.7. The van der Waals surface area contributed by atoms with Crippen LogP contribution in [0.3, 0.4) is 0 Å². The molecule has 0 amide bonds. The minimum Gasteiger partial charge on any atom is -0.357 e. The van der Waals surface area contributed by atoms with Gasteiger partial charge in [0.15, 0.2) is 0 Å². The summed E-state index contributed by atoms with van der Waals surface area (Å²) in [5.74, 6) is 0. The molecule has 5 rings (SSSR count). The molecule has 0 unspecified atom stereocenters. The first-order valence-electron chi connectivity index (χ1n) is 8.75. The van der Waals surface area contributed by atoms with Gasteiger partial charge >= 0.3 is 0 Å². The first-order valence-corrected chi connectivity index (χ1v) is 9.13. The summed E-state index contributed by atoms with van der Waals surface area (Å²) in [6.45, 7) is 2.70. The molecule has 0 atom stereocenters. The van der Waals surface area contributed by atoms with Gasteiger partial charge in [0.1, 0.15) is 0 Å². The van der Waals surface area contributed by atoms with Crippen molar-refractivity contribution in [2.24, 2.45) is 0 Å². The van der Waals surface area contributed by atoms with Crippen LogP contribution in [0.5, 0.6) is 0 Å². The fourth-order valence-corrected chi connectivity index (χ4v) is 3.96. The monoisotopic (exact) mass is 363 g/mol. The lowest BCUT2D eigenvalue weighted by molar-refractivity contribution is 0.240. The molecule has 1 N–H and O–H groups in total. The van der Waals surface area contributed by atoms with E-state index in [-0.39, 0.29) is 0 Å². The number of nitrogens with zero attached hydrogens (tertiary/aromatic N) is 4. The van der Waals surface area contributed by atoms with Crippen LogP contribution in [-0.4, -0.2) is 31.4 Å². The first-order chi connectivity index (χ1) is 12.8. The van der Waals surface area contributed by atoms with Gasteiger partial charge in [0, 0.05) is 36.2 Å². The van der Waals surface area contributed by atoms with Crippen LogP contribution in [0, 0.1) is 0 Å². The second-order valence-corrected chi connectivity index (χ2v) is 7.10. The molecular formula is C20H18ClN5. The van der Waals surface area contributed by atoms with Gasteiger partial charge in [0.2, 0.25) is 0 Å². The molecule has 0 bridgehead atoms. The Morgan fingerprint density at radius 1 is 1.08 bits per heavy atom. The Hall–Kier alpha value is -2.63. The summed E-state index contributed by atoms with van der Waals surface area (Å²) in [5, 5.41) is 10.6. The molecule has 0 radical (unpaired) electrons. The van der Waals surface area contributed by atoms with Gasteiger partial charge in [0.05, 0.1) is 22.6 Å². The summed E-state index contributed by atoms with van der Waals surface area (Å²) in [6.07, 6.45) is 3.01. The van der Waals surface area contributed by atoms with E-state index in [0.29, 0.717) is 5.02 Å². The number of H-pyrrole nitrogens is 1. The van der Waals surface area contributed by atoms with Gasteiger partial charge in [-0.25, -0.2) is 4.68 Å². The fourth-order valence-electron chi connectivity index (χ4n) is 3.74. The molecule has 2 aromatic heterocycles. The third kappa shape index (κ3) is 2.69. The van der Waals surface area contributed by atoms with E-state index < -0.39 is 0 Å². The third-order valence-electron chi connectivity index (χ3n) is 4.99. The van der Waals surface area contributed by atoms with Gasteiger partial charge in [-0.1, -0.05) is 47.1 Å². The number of benzene rings is 2. The second-order valence-electron chi connectivity index (χ2n) is 6.69. The van der Waals surface area contributed by atoms with E-state index >= 15 is 0 Å². The van der Waals surface area contributed by atoms with Crippen LogP contribution in [0.2, 0.25) is 5.02 Å². The quantitative estimate of drug-likeness (QED) is 0.599. The van der Waals surface area contributed by atoms with Crippen LogP contribution in [0.1, 0.15) is 17.0 Å². The van der Waals surface area contributed by atoms with Crippen LogP contribution in [0.15, 0.2) is 54.7 Å². The van der Waals surface area contributed by atoms with Crippen molar-refractivity contribution < 1.29 is 0 Å². The minimum atomic E-state index is 0.671. The highest BCUT2D eigenvalue weighted by Gasteiger charge is 2.21. The maximum Gasteiger partial charge on any atom is 0.0972 e. The lowest BCUT2D eigenvalue weighted by Gasteiger charge is -2.25. The van der Waals surface area contributed by atoms with Gasteiger partial charge in [-0.3, -0.25) is 4.90 Å². The van der Waals surface area contributed by atoms with Gasteiger partial charge < -0.3 is 4.98 Å². The summed E-state index contributed by atoms with van der Waals surface area (Å²) in [6, 6.07) is 16.2. The molecule has 1 aliphatic rings. The average Bonchev–Trinajstić information content (AvgIpc) is 3.26. The van der Waals surface area contributed by atoms with Crippen molar-refractivity contribution in [1.29, 1.82) is 0 Å². The number of para-hydroxylation sites is 2. The van der Waals surface area contributed by atoms with E-state index in [0.717, 1.165) is 37.4 Å². The highest BCUT2D eigenvalue weighted by Crippen LogP contribution is 2.28. The number of aromatic nitrogens is 4. The lowest BCUT2D eigenvalue weighted by Crippen LogP contribution is -2.30. The number of nitrogens with one attached hydrogen (secondary N) is 1. The zero-order valence-corrected chi connectivity index (χ0v) is 14.9. The Kier molecular flexibility index (Phi) is 3.76. The maximum atomic E-state index is 6.25. The van der Waals surface area contributed by atoms with Crippen molar-refractivity contribution >= 4 is 22.5 Å². The van der Waals surface area contributed by atoms with Crippen molar-refractivity contribution in [2.75, 3.05) is 6.54 Å². The predicted molar refractivity (Wildman–Crippen MR) is 102 cm³/mol. The molecule has 0 saturated carbocycles. The molecule has 3 heterocycles. The number of fused-ring (bicyclic) bond motifs is 3. The summed E-state index contributed by atoms with van der Waals surface area (Å²) < 4.78 is 1.75. The van der Waals surface area contributed by atoms with Crippen molar-refractivity contribution in [3.8, 4) is 5.69 Å². The number of aromatic amines is 1. The molecule has 130 valence electrons. The zero-order valence-electron chi connectivity index (χ0n) is 14.2. The first kappa shape index (κ1) is 15.6. The highest BCUT2D eigenvalue weighted by molar-refractivity contribution is 6.32. The summed E-state index contributed by atoms with van der Waals surface area (Å²) >= 11 is 6.25. The molecule has 4 aromatic rings. The molecule has 5 nitrogen and oxygen atoms in total. The molecule has 26 heavy (non-hydrogen) atoms. The predicted octanol–water partition coefficient (Wildman–Crippen LogP) is 3.96. The largest absolute Gasteiger partial charge is 0.357 e. The smallest absolute Gasteiger partial charge is 0.0972 e. The summed E-state index contributed by atoms with van der Waals surface area (Å²) in [7, 11) is 0. The second kappa shape index (κ2) is 6.27. The number of hydrogen-bond donors (Lipinski definition) is 1. The topological polar surface area (TPSA) is 49.7 Å². The van der Waals surface area contributed by atoms with E-state index in [1.54, 1.807) is 4.68 Å². The molecule has 0 fully saturated rings. The summed E-state index contributed by atoms with van der Waals surface area (Å²) in [4.78, 5) is 5.97. The van der Waals surface area contributed by atoms with Crippen molar-refractivity contribution in [1.82, 2.24) is 24.9 Å². The molecule has 1 aliphatic heterocycles. The molecule has 0 saturated heterocycles. The SMILES string of the molecule is Clc1ccccc1-n1cc(CN2CCc3c([nH]c4ccccc34)C2)nn1. The van der Waals surface area contributed by atoms with Gasteiger partial charge in [-0.2, -0.15) is 0 Å². The number of rotatable bonds is 3. The zero-order chi connectivity index (χ0) is 17.5. The highest BCUT2D eigenvalue weighted by atomic mass is 35.5. The molecule has 0 spiro atoms. The molecule has 2 aromatic carbocycles. The molecule has 6 heteroatoms. The fraction of sp³-hybridized carbons (Fsp3) is 0.200. The number of hydrogen-bond acceptors (Lipinski definition) is 3. The Balaban J connectivity index is 1.36. The van der Waals surface area contributed by atoms with E-state index in [2.05, 4.69) is 44.5 Å². The average molecular weight is 364 g/mol. The Morgan fingerprint density at radius 3 is 2.85 bits per heavy atom. The Labute approximate surface area is 156 Å². The molecular weight excluding hydrogens is 346 g/mol. The van der Waals surface area contributed by atoms with Crippen LogP contribution >= 0.6 is 11.6 Å². The van der Waals surface area contributed by atoms with Crippen LogP contribution < -0.4 is 0 Å². The maximum absolute atomic E-state index is 6.25. The van der Waals surface area contributed by atoms with E-state index in [4.69, 9.17) is 11.6 Å². The van der Waals surface area contributed by atoms with E-state index in [1.807, 2.05) is 30.5 Å². The van der Waals surface area contributed by atoms with E-state index in [1.165, 1.54) is 22.2 Å². The Morgan fingerprint density at radius 2 is 1.92 bits per heavy atom. The van der Waals surface area contributed by atoms with Gasteiger partial charge in [0.25, 0.3) is 0 Å². The van der Waals surface area contributed by atoms with Crippen molar-refractivity contribution in [3.63, 3.8) is 0 Å². The minimum absolute atomic E-state index is 0.671. The van der Waals surface area contributed by atoms with Gasteiger partial charge in [-0.15, -0.1) is 5.10 Å². The lowest BCUT2D eigenvalue weighted by atomic mass is 10.0. The van der Waals surface area contributed by atoms with Crippen LogP contribution in [0.25, 0.3) is 16.6 Å². The standard InChI is InChI=1S/C20H18ClN5/c21-17-6-2-4-8-20(17)26-12-14(23-24-26)11-25-10-9-16-15-5-1-3-7-18(15)22-19(16)13-25/h1-8,12,22H,9-11,13H2. The third-order valence-corrected chi connectivity index (χ3v) is 5.31. The molecule has 0 aliphatic carbocycles. The van der Waals surface area contributed by atoms with Crippen LogP contribution in [-0.2, 0) is 19.5 Å². The van der Waals surface area contributed by atoms with E-state index in [9.17, 15) is 0 Å².